The molecule has 2 aromatic heterocycles. The molecular formula is C46H40GeIrN2-2. The smallest absolute Gasteiger partial charge is 0.0160 e. The maximum atomic E-state index is 8.88. The normalized spacial score (nSPS) is 11.8. The summed E-state index contributed by atoms with van der Waals surface area (Å²) in [5.74, 6) is 6.43. The Kier molecular flexibility index (Phi) is 10.4. The molecule has 4 heteroatoms. The van der Waals surface area contributed by atoms with Crippen LogP contribution in [0.2, 0.25) is 17.3 Å². The van der Waals surface area contributed by atoms with E-state index in [-0.39, 0.29) is 20.1 Å². The van der Waals surface area contributed by atoms with Crippen LogP contribution in [0.3, 0.4) is 0 Å². The van der Waals surface area contributed by atoms with E-state index in [4.69, 9.17) is 6.35 Å². The number of rotatable bonds is 5. The molecule has 0 aliphatic carbocycles. The minimum atomic E-state index is -2.20. The van der Waals surface area contributed by atoms with E-state index in [1.807, 2.05) is 62.5 Å². The number of aromatic nitrogens is 2. The van der Waals surface area contributed by atoms with E-state index in [1.165, 1.54) is 47.8 Å². The fraction of sp³-hybridized carbons (Fsp3) is 0.130. The van der Waals surface area contributed by atoms with E-state index in [0.717, 1.165) is 28.1 Å². The van der Waals surface area contributed by atoms with Crippen molar-refractivity contribution in [2.45, 2.75) is 37.0 Å². The Bertz CT molecular complexity index is 2400. The van der Waals surface area contributed by atoms with E-state index < -0.39 is 19.2 Å². The molecular weight excluding hydrogens is 845 g/mol. The van der Waals surface area contributed by atoms with Gasteiger partial charge in [-0.15, -0.1) is 35.9 Å². The van der Waals surface area contributed by atoms with Gasteiger partial charge in [-0.25, -0.2) is 0 Å². The summed E-state index contributed by atoms with van der Waals surface area (Å²) < 4.78 is 10.2. The molecule has 0 amide bonds. The summed E-state index contributed by atoms with van der Waals surface area (Å²) in [6, 6.07) is 52.9. The van der Waals surface area contributed by atoms with E-state index in [1.54, 1.807) is 6.20 Å². The standard InChI is InChI=1S/C35H32GeN.C11H8N.Ir/c1-23(2)31-21-35(37-22-34(31)36(3,4)5)26-16-18-30-28-14-10-9-13-27(28)29-17-15-25(19-32(29)33(30)20-26)24-11-7-6-8-12-24;1-2-6-10(7-3-1)11-8-4-5-9-12-11;/h6-15,17-23H,1-5H3;1-6,8-9H;/q2*-1;/i23D;;. The number of nitrogens with zero attached hydrogens (tertiary/aromatic N) is 2. The quantitative estimate of drug-likeness (QED) is 0.0978. The van der Waals surface area contributed by atoms with Gasteiger partial charge in [-0.05, 0) is 11.8 Å². The van der Waals surface area contributed by atoms with Gasteiger partial charge in [0, 0.05) is 26.3 Å². The Morgan fingerprint density at radius 2 is 1.26 bits per heavy atom. The Hall–Kier alpha value is -4.41. The monoisotopic (exact) mass is 888 g/mol. The van der Waals surface area contributed by atoms with Crippen molar-refractivity contribution in [2.24, 2.45) is 0 Å². The molecule has 6 aromatic carbocycles. The van der Waals surface area contributed by atoms with Crippen molar-refractivity contribution in [1.82, 2.24) is 9.97 Å². The molecule has 0 bridgehead atoms. The Morgan fingerprint density at radius 3 is 1.94 bits per heavy atom. The third-order valence-electron chi connectivity index (χ3n) is 9.05. The van der Waals surface area contributed by atoms with Crippen molar-refractivity contribution in [1.29, 1.82) is 0 Å². The van der Waals surface area contributed by atoms with Crippen LogP contribution in [-0.4, -0.2) is 23.2 Å². The van der Waals surface area contributed by atoms with Crippen LogP contribution in [0.15, 0.2) is 146 Å². The predicted molar refractivity (Wildman–Crippen MR) is 212 cm³/mol. The molecule has 1 radical (unpaired) electrons. The molecule has 0 spiro atoms. The van der Waals surface area contributed by atoms with Gasteiger partial charge in [-0.1, -0.05) is 30.3 Å². The zero-order valence-corrected chi connectivity index (χ0v) is 33.6. The molecule has 0 saturated carbocycles. The van der Waals surface area contributed by atoms with Gasteiger partial charge in [0.1, 0.15) is 0 Å². The first-order valence-corrected chi connectivity index (χ1v) is 24.2. The number of hydrogen-bond acceptors (Lipinski definition) is 2. The first kappa shape index (κ1) is 34.1. The van der Waals surface area contributed by atoms with Crippen molar-refractivity contribution < 1.29 is 21.5 Å². The molecule has 249 valence electrons. The SMILES string of the molecule is [2H]C(C)(C)c1cc(-c2[c-]cc3c4ccccc4c4ccc(-c5ccccc5)cc4c3c2)nc[c]1[Ge]([CH3])([CH3])[CH3].[Ir].[c-]1ccccc1-c1ccccn1. The van der Waals surface area contributed by atoms with Gasteiger partial charge in [-0.3, -0.25) is 0 Å². The van der Waals surface area contributed by atoms with E-state index >= 15 is 0 Å². The number of fused-ring (bicyclic) bond motifs is 6. The van der Waals surface area contributed by atoms with Crippen LogP contribution in [-0.2, 0) is 20.1 Å². The Morgan fingerprint density at radius 1 is 0.580 bits per heavy atom. The van der Waals surface area contributed by atoms with Crippen LogP contribution in [0.25, 0.3) is 66.0 Å². The zero-order valence-electron chi connectivity index (χ0n) is 30.1. The van der Waals surface area contributed by atoms with Gasteiger partial charge in [0.05, 0.1) is 0 Å². The van der Waals surface area contributed by atoms with Gasteiger partial charge in [0.2, 0.25) is 0 Å². The molecule has 0 aliphatic rings. The van der Waals surface area contributed by atoms with Crippen molar-refractivity contribution in [3.8, 4) is 33.6 Å². The largest absolute Gasteiger partial charge is 0.305 e. The number of pyridine rings is 2. The van der Waals surface area contributed by atoms with Crippen molar-refractivity contribution >= 4 is 50.0 Å². The molecule has 0 fully saturated rings. The van der Waals surface area contributed by atoms with Gasteiger partial charge in [0.25, 0.3) is 0 Å². The van der Waals surface area contributed by atoms with Crippen LogP contribution < -0.4 is 4.40 Å². The fourth-order valence-corrected chi connectivity index (χ4v) is 9.86. The van der Waals surface area contributed by atoms with Crippen LogP contribution in [0, 0.1) is 12.1 Å². The third kappa shape index (κ3) is 7.37. The first-order valence-electron chi connectivity index (χ1n) is 17.3. The summed E-state index contributed by atoms with van der Waals surface area (Å²) >= 11 is -2.20. The second kappa shape index (κ2) is 15.2. The molecule has 50 heavy (non-hydrogen) atoms. The molecule has 0 aliphatic heterocycles. The Balaban J connectivity index is 0.000000291. The second-order valence-electron chi connectivity index (χ2n) is 13.7. The molecule has 2 nitrogen and oxygen atoms in total. The van der Waals surface area contributed by atoms with Crippen molar-refractivity contribution in [3.63, 3.8) is 0 Å². The zero-order chi connectivity index (χ0) is 34.9. The summed E-state index contributed by atoms with van der Waals surface area (Å²) in [5.41, 5.74) is 7.39. The van der Waals surface area contributed by atoms with Crippen LogP contribution in [0.4, 0.5) is 0 Å². The van der Waals surface area contributed by atoms with E-state index in [2.05, 4.69) is 125 Å². The fourth-order valence-electron chi connectivity index (χ4n) is 6.54. The topological polar surface area (TPSA) is 25.8 Å². The van der Waals surface area contributed by atoms with Crippen LogP contribution in [0.5, 0.6) is 0 Å². The van der Waals surface area contributed by atoms with Crippen molar-refractivity contribution in [3.05, 3.63) is 164 Å². The van der Waals surface area contributed by atoms with Gasteiger partial charge in [0.15, 0.2) is 0 Å². The Labute approximate surface area is 313 Å². The minimum Gasteiger partial charge on any atom is -0.305 e. The minimum absolute atomic E-state index is 0. The average molecular weight is 887 g/mol. The maximum Gasteiger partial charge on any atom is 0.0160 e. The average Bonchev–Trinajstić information content (AvgIpc) is 3.15. The molecule has 8 aromatic rings. The molecule has 2 heterocycles. The molecule has 0 N–H and O–H groups in total. The summed E-state index contributed by atoms with van der Waals surface area (Å²) in [6.07, 6.45) is 3.83. The number of hydrogen-bond donors (Lipinski definition) is 0. The van der Waals surface area contributed by atoms with Crippen LogP contribution >= 0.6 is 0 Å². The molecule has 0 unspecified atom stereocenters. The van der Waals surface area contributed by atoms with Crippen molar-refractivity contribution in [2.75, 3.05) is 0 Å². The first-order chi connectivity index (χ1) is 24.1. The maximum absolute atomic E-state index is 8.88. The second-order valence-corrected chi connectivity index (χ2v) is 24.3. The van der Waals surface area contributed by atoms with Gasteiger partial charge < -0.3 is 4.98 Å². The summed E-state index contributed by atoms with van der Waals surface area (Å²) in [7, 11) is 0. The van der Waals surface area contributed by atoms with Gasteiger partial charge >= 0.3 is 206 Å². The molecule has 8 rings (SSSR count). The summed E-state index contributed by atoms with van der Waals surface area (Å²) in [5, 5.41) is 7.39. The van der Waals surface area contributed by atoms with Gasteiger partial charge in [-0.2, -0.15) is 0 Å². The summed E-state index contributed by atoms with van der Waals surface area (Å²) in [4.78, 5) is 9.15. The predicted octanol–water partition coefficient (Wildman–Crippen LogP) is 11.9. The van der Waals surface area contributed by atoms with Crippen LogP contribution in [0.1, 0.15) is 26.7 Å². The van der Waals surface area contributed by atoms with E-state index in [0.29, 0.717) is 0 Å². The number of benzene rings is 6. The molecule has 0 atom stereocenters. The summed E-state index contributed by atoms with van der Waals surface area (Å²) in [6.45, 7) is 3.97. The van der Waals surface area contributed by atoms with E-state index in [9.17, 15) is 0 Å². The third-order valence-corrected chi connectivity index (χ3v) is 13.3. The molecule has 0 saturated heterocycles.